The number of hydrogen-bond donors (Lipinski definition) is 4. The number of nitrogens with one attached hydrogen (secondary N) is 2. The van der Waals surface area contributed by atoms with Gasteiger partial charge in [0.05, 0.1) is 21.8 Å². The van der Waals surface area contributed by atoms with E-state index >= 15 is 0 Å². The quantitative estimate of drug-likeness (QED) is 0.318. The van der Waals surface area contributed by atoms with E-state index in [-0.39, 0.29) is 16.9 Å². The molecule has 4 N–H and O–H groups in total. The standard InChI is InChI=1S/C15H12N4O7S/c1-7-10(6-11-12(20)16-15(23)17-13(11)21)14(22)19(18-7)8-3-2-4-9(5-8)27(24,25)26/h2-6,22H,1H3,(H,24,25,26)(H2,16,17,20,21,23). The number of benzene rings is 1. The third kappa shape index (κ3) is 3.43. The fraction of sp³-hybridized carbons (Fsp3) is 0.0667. The first-order valence-corrected chi connectivity index (χ1v) is 8.77. The number of nitrogens with zero attached hydrogens (tertiary/aromatic N) is 2. The van der Waals surface area contributed by atoms with Crippen LogP contribution >= 0.6 is 0 Å². The van der Waals surface area contributed by atoms with E-state index in [0.29, 0.717) is 0 Å². The number of carbonyl (C=O) groups is 3. The van der Waals surface area contributed by atoms with Crippen LogP contribution in [0.25, 0.3) is 11.8 Å². The van der Waals surface area contributed by atoms with Crippen LogP contribution in [0.4, 0.5) is 4.79 Å². The Labute approximate surface area is 152 Å². The summed E-state index contributed by atoms with van der Waals surface area (Å²) in [6, 6.07) is 4.04. The normalized spacial score (nSPS) is 14.7. The molecule has 4 amide bonds. The highest BCUT2D eigenvalue weighted by Gasteiger charge is 2.29. The molecule has 1 aromatic carbocycles. The molecule has 0 saturated carbocycles. The van der Waals surface area contributed by atoms with Gasteiger partial charge in [-0.05, 0) is 31.2 Å². The molecule has 2 heterocycles. The highest BCUT2D eigenvalue weighted by atomic mass is 32.2. The van der Waals surface area contributed by atoms with Crippen molar-refractivity contribution in [3.8, 4) is 11.6 Å². The summed E-state index contributed by atoms with van der Waals surface area (Å²) in [5.41, 5.74) is -0.0704. The Bertz CT molecular complexity index is 1110. The zero-order valence-corrected chi connectivity index (χ0v) is 14.4. The largest absolute Gasteiger partial charge is 0.493 e. The molecule has 0 radical (unpaired) electrons. The fourth-order valence-corrected chi connectivity index (χ4v) is 2.92. The minimum absolute atomic E-state index is 0.0157. The van der Waals surface area contributed by atoms with Gasteiger partial charge in [0.2, 0.25) is 5.88 Å². The summed E-state index contributed by atoms with van der Waals surface area (Å²) in [5, 5.41) is 18.3. The number of rotatable bonds is 3. The summed E-state index contributed by atoms with van der Waals surface area (Å²) in [6.07, 6.45) is 1.05. The lowest BCUT2D eigenvalue weighted by atomic mass is 10.1. The third-order valence-corrected chi connectivity index (χ3v) is 4.52. The van der Waals surface area contributed by atoms with Crippen molar-refractivity contribution in [2.45, 2.75) is 11.8 Å². The van der Waals surface area contributed by atoms with Crippen LogP contribution in [0, 0.1) is 6.92 Å². The Morgan fingerprint density at radius 1 is 1.15 bits per heavy atom. The van der Waals surface area contributed by atoms with Crippen molar-refractivity contribution in [1.82, 2.24) is 20.4 Å². The summed E-state index contributed by atoms with van der Waals surface area (Å²) in [7, 11) is -4.46. The van der Waals surface area contributed by atoms with E-state index in [1.807, 2.05) is 10.6 Å². The topological polar surface area (TPSA) is 168 Å². The fourth-order valence-electron chi connectivity index (χ4n) is 2.40. The summed E-state index contributed by atoms with van der Waals surface area (Å²) in [5.74, 6) is -2.36. The van der Waals surface area contributed by atoms with Crippen LogP contribution in [0.15, 0.2) is 34.7 Å². The molecule has 0 bridgehead atoms. The van der Waals surface area contributed by atoms with Crippen molar-refractivity contribution >= 4 is 34.0 Å². The molecule has 1 aliphatic rings. The molecule has 140 valence electrons. The van der Waals surface area contributed by atoms with E-state index in [2.05, 4.69) is 5.10 Å². The van der Waals surface area contributed by atoms with Gasteiger partial charge in [-0.25, -0.2) is 9.48 Å². The summed E-state index contributed by atoms with van der Waals surface area (Å²) in [4.78, 5) is 34.3. The van der Waals surface area contributed by atoms with Crippen LogP contribution in [0.2, 0.25) is 0 Å². The Kier molecular flexibility index (Phi) is 4.29. The van der Waals surface area contributed by atoms with Gasteiger partial charge in [0.1, 0.15) is 5.57 Å². The van der Waals surface area contributed by atoms with Gasteiger partial charge in [-0.1, -0.05) is 6.07 Å². The van der Waals surface area contributed by atoms with Gasteiger partial charge < -0.3 is 5.11 Å². The summed E-state index contributed by atoms with van der Waals surface area (Å²) >= 11 is 0. The van der Waals surface area contributed by atoms with E-state index in [0.717, 1.165) is 22.9 Å². The van der Waals surface area contributed by atoms with Crippen LogP contribution in [0.1, 0.15) is 11.3 Å². The lowest BCUT2D eigenvalue weighted by Crippen LogP contribution is -2.51. The maximum atomic E-state index is 11.8. The molecule has 2 aromatic rings. The van der Waals surface area contributed by atoms with Gasteiger partial charge in [0.25, 0.3) is 21.9 Å². The Morgan fingerprint density at radius 2 is 1.78 bits per heavy atom. The first-order valence-electron chi connectivity index (χ1n) is 7.33. The van der Waals surface area contributed by atoms with Crippen LogP contribution in [-0.2, 0) is 19.7 Å². The number of aromatic hydroxyl groups is 1. The Morgan fingerprint density at radius 3 is 2.37 bits per heavy atom. The molecule has 0 unspecified atom stereocenters. The smallest absolute Gasteiger partial charge is 0.328 e. The molecule has 3 rings (SSSR count). The second-order valence-electron chi connectivity index (χ2n) is 5.50. The first-order chi connectivity index (χ1) is 12.6. The van der Waals surface area contributed by atoms with Crippen LogP contribution < -0.4 is 10.6 Å². The number of hydrogen-bond acceptors (Lipinski definition) is 7. The first kappa shape index (κ1) is 18.3. The van der Waals surface area contributed by atoms with Crippen LogP contribution in [-0.4, -0.2) is 45.7 Å². The number of aromatic nitrogens is 2. The van der Waals surface area contributed by atoms with Crippen molar-refractivity contribution in [2.75, 3.05) is 0 Å². The molecular weight excluding hydrogens is 380 g/mol. The Balaban J connectivity index is 2.09. The van der Waals surface area contributed by atoms with Gasteiger partial charge >= 0.3 is 6.03 Å². The molecule has 11 nitrogen and oxygen atoms in total. The highest BCUT2D eigenvalue weighted by molar-refractivity contribution is 7.85. The van der Waals surface area contributed by atoms with Gasteiger partial charge in [0, 0.05) is 0 Å². The van der Waals surface area contributed by atoms with Crippen molar-refractivity contribution in [3.05, 3.63) is 41.1 Å². The average Bonchev–Trinajstić information content (AvgIpc) is 2.85. The van der Waals surface area contributed by atoms with Crippen molar-refractivity contribution in [3.63, 3.8) is 0 Å². The minimum atomic E-state index is -4.46. The van der Waals surface area contributed by atoms with Gasteiger partial charge in [-0.15, -0.1) is 0 Å². The number of amides is 4. The van der Waals surface area contributed by atoms with Crippen molar-refractivity contribution in [2.24, 2.45) is 0 Å². The number of carbonyl (C=O) groups excluding carboxylic acids is 3. The molecular formula is C15H12N4O7S. The lowest BCUT2D eigenvalue weighted by Gasteiger charge is -2.13. The molecule has 12 heteroatoms. The summed E-state index contributed by atoms with van der Waals surface area (Å²) in [6.45, 7) is 1.49. The predicted octanol–water partition coefficient (Wildman–Crippen LogP) is -0.118. The maximum Gasteiger partial charge on any atom is 0.328 e. The number of imide groups is 2. The number of barbiturate groups is 1. The minimum Gasteiger partial charge on any atom is -0.493 e. The van der Waals surface area contributed by atoms with E-state index in [9.17, 15) is 27.9 Å². The van der Waals surface area contributed by atoms with E-state index in [4.69, 9.17) is 4.55 Å². The van der Waals surface area contributed by atoms with Gasteiger partial charge in [0.15, 0.2) is 0 Å². The number of urea groups is 1. The average molecular weight is 392 g/mol. The maximum absolute atomic E-state index is 11.8. The predicted molar refractivity (Wildman–Crippen MR) is 89.4 cm³/mol. The molecule has 0 spiro atoms. The second-order valence-corrected chi connectivity index (χ2v) is 6.92. The van der Waals surface area contributed by atoms with E-state index in [1.165, 1.54) is 19.1 Å². The monoisotopic (exact) mass is 392 g/mol. The van der Waals surface area contributed by atoms with Crippen molar-refractivity contribution in [1.29, 1.82) is 0 Å². The molecule has 0 aliphatic carbocycles. The molecule has 1 fully saturated rings. The van der Waals surface area contributed by atoms with E-state index < -0.39 is 44.3 Å². The molecule has 1 aliphatic heterocycles. The third-order valence-electron chi connectivity index (χ3n) is 3.67. The zero-order chi connectivity index (χ0) is 19.9. The zero-order valence-electron chi connectivity index (χ0n) is 13.6. The molecule has 0 atom stereocenters. The molecule has 1 saturated heterocycles. The van der Waals surface area contributed by atoms with Crippen LogP contribution in [0.5, 0.6) is 5.88 Å². The Hall–Kier alpha value is -3.51. The summed E-state index contributed by atoms with van der Waals surface area (Å²) < 4.78 is 32.7. The van der Waals surface area contributed by atoms with Crippen LogP contribution in [0.3, 0.4) is 0 Å². The molecule has 27 heavy (non-hydrogen) atoms. The lowest BCUT2D eigenvalue weighted by molar-refractivity contribution is -0.123. The SMILES string of the molecule is Cc1nn(-c2cccc(S(=O)(=O)O)c2)c(O)c1C=C1C(=O)NC(=O)NC1=O. The van der Waals surface area contributed by atoms with Gasteiger partial charge in [-0.2, -0.15) is 13.5 Å². The second kappa shape index (κ2) is 6.34. The van der Waals surface area contributed by atoms with Crippen molar-refractivity contribution < 1.29 is 32.5 Å². The number of aryl methyl sites for hydroxylation is 1. The highest BCUT2D eigenvalue weighted by Crippen LogP contribution is 2.28. The van der Waals surface area contributed by atoms with E-state index in [1.54, 1.807) is 0 Å². The van der Waals surface area contributed by atoms with Gasteiger partial charge in [-0.3, -0.25) is 24.8 Å². The molecule has 1 aromatic heterocycles.